The highest BCUT2D eigenvalue weighted by atomic mass is 16.5. The van der Waals surface area contributed by atoms with Crippen LogP contribution in [0.5, 0.6) is 5.75 Å². The van der Waals surface area contributed by atoms with E-state index in [0.29, 0.717) is 11.7 Å². The molecular formula is C54H64O6. The van der Waals surface area contributed by atoms with E-state index in [1.54, 1.807) is 18.2 Å². The van der Waals surface area contributed by atoms with Crippen LogP contribution in [0.15, 0.2) is 152 Å². The lowest BCUT2D eigenvalue weighted by Crippen LogP contribution is -2.11. The van der Waals surface area contributed by atoms with Crippen LogP contribution in [0.2, 0.25) is 0 Å². The van der Waals surface area contributed by atoms with Crippen molar-refractivity contribution in [2.45, 2.75) is 99.7 Å². The first-order chi connectivity index (χ1) is 28.8. The smallest absolute Gasteiger partial charge is 0.336 e. The van der Waals surface area contributed by atoms with Crippen molar-refractivity contribution < 1.29 is 28.6 Å². The molecule has 0 heterocycles. The zero-order chi connectivity index (χ0) is 44.1. The van der Waals surface area contributed by atoms with Crippen LogP contribution in [0.1, 0.15) is 106 Å². The second kappa shape index (κ2) is 29.0. The Morgan fingerprint density at radius 2 is 1.00 bits per heavy atom. The Bertz CT molecular complexity index is 2050. The molecule has 0 aliphatic heterocycles. The topological polar surface area (TPSA) is 78.9 Å². The average molecular weight is 809 g/mol. The highest BCUT2D eigenvalue weighted by Gasteiger charge is 2.05. The van der Waals surface area contributed by atoms with Crippen molar-refractivity contribution in [3.05, 3.63) is 191 Å². The summed E-state index contributed by atoms with van der Waals surface area (Å²) < 4.78 is 15.5. The molecule has 0 aromatic heterocycles. The standard InChI is InChI=1S/C23H26O2.C16H20O2.C15H18O2/c1-5-18(3)20-12-14-22(15-13-20)25-23(24)9-7-6-8-21-16-17(2)10-11-19(21)4;1-4-14(3)18-16(17)8-6-5-7-15-11-9-13(2)10-12-15;1-3-13(2)17-15(16)12-8-7-11-14-9-5-4-6-10-14/h6-16,18H,5H2,1-4H3;5-12,14H,4H2,1-3H3;4-13H,3H2,1-2H3/b8-6+,9-7+;7-5+,8-6+;11-7+,12-8+. The van der Waals surface area contributed by atoms with Crippen molar-refractivity contribution in [3.63, 3.8) is 0 Å². The molecule has 0 bridgehead atoms. The summed E-state index contributed by atoms with van der Waals surface area (Å²) in [5, 5.41) is 0. The Kier molecular flexibility index (Phi) is 24.1. The first-order valence-corrected chi connectivity index (χ1v) is 20.8. The van der Waals surface area contributed by atoms with Gasteiger partial charge < -0.3 is 14.2 Å². The molecular weight excluding hydrogens is 745 g/mol. The van der Waals surface area contributed by atoms with E-state index in [2.05, 4.69) is 65.0 Å². The van der Waals surface area contributed by atoms with Crippen molar-refractivity contribution in [1.29, 1.82) is 0 Å². The van der Waals surface area contributed by atoms with Crippen LogP contribution < -0.4 is 4.74 Å². The summed E-state index contributed by atoms with van der Waals surface area (Å²) in [7, 11) is 0. The molecule has 6 nitrogen and oxygen atoms in total. The summed E-state index contributed by atoms with van der Waals surface area (Å²) in [4.78, 5) is 34.5. The number of ether oxygens (including phenoxy) is 3. The molecule has 6 heteroatoms. The van der Waals surface area contributed by atoms with Gasteiger partial charge in [-0.25, -0.2) is 14.4 Å². The largest absolute Gasteiger partial charge is 0.460 e. The van der Waals surface area contributed by atoms with Gasteiger partial charge >= 0.3 is 17.9 Å². The SMILES string of the molecule is CCC(C)OC(=O)/C=C/C=C/c1ccc(C)cc1.CCC(C)OC(=O)/C=C/C=C/c1ccccc1.CCC(C)c1ccc(OC(=O)/C=C/C=C/c2cc(C)ccc2C)cc1. The fraction of sp³-hybridized carbons (Fsp3) is 0.278. The number of carbonyl (C=O) groups excluding carboxylic acids is 3. The zero-order valence-corrected chi connectivity index (χ0v) is 37.0. The molecule has 4 rings (SSSR count). The molecule has 4 aromatic rings. The molecule has 0 saturated heterocycles. The Hall–Kier alpha value is -6.27. The van der Waals surface area contributed by atoms with Gasteiger partial charge in [0.25, 0.3) is 0 Å². The average Bonchev–Trinajstić information content (AvgIpc) is 3.25. The molecule has 0 amide bonds. The van der Waals surface area contributed by atoms with Gasteiger partial charge in [0.2, 0.25) is 0 Å². The van der Waals surface area contributed by atoms with Crippen LogP contribution in [-0.2, 0) is 23.9 Å². The third-order valence-electron chi connectivity index (χ3n) is 9.26. The summed E-state index contributed by atoms with van der Waals surface area (Å²) in [6.45, 7) is 18.3. The van der Waals surface area contributed by atoms with Crippen LogP contribution >= 0.6 is 0 Å². The molecule has 3 atom stereocenters. The molecule has 0 aliphatic rings. The van der Waals surface area contributed by atoms with Crippen LogP contribution in [-0.4, -0.2) is 30.1 Å². The monoisotopic (exact) mass is 808 g/mol. The second-order valence-electron chi connectivity index (χ2n) is 14.4. The molecule has 0 aliphatic carbocycles. The molecule has 0 saturated carbocycles. The minimum atomic E-state index is -0.373. The summed E-state index contributed by atoms with van der Waals surface area (Å²) in [5.74, 6) is 0.122. The number of aryl methyl sites for hydroxylation is 3. The van der Waals surface area contributed by atoms with E-state index in [0.717, 1.165) is 36.0 Å². The van der Waals surface area contributed by atoms with Crippen molar-refractivity contribution in [1.82, 2.24) is 0 Å². The normalized spacial score (nSPS) is 12.9. The maximum Gasteiger partial charge on any atom is 0.336 e. The predicted molar refractivity (Wildman–Crippen MR) is 251 cm³/mol. The Labute approximate surface area is 359 Å². The summed E-state index contributed by atoms with van der Waals surface area (Å²) in [5.41, 5.74) is 8.29. The summed E-state index contributed by atoms with van der Waals surface area (Å²) >= 11 is 0. The highest BCUT2D eigenvalue weighted by Crippen LogP contribution is 2.21. The highest BCUT2D eigenvalue weighted by molar-refractivity contribution is 5.84. The summed E-state index contributed by atoms with van der Waals surface area (Å²) in [6.07, 6.45) is 23.5. The van der Waals surface area contributed by atoms with Crippen molar-refractivity contribution in [2.24, 2.45) is 0 Å². The number of carbonyl (C=O) groups is 3. The van der Waals surface area contributed by atoms with E-state index < -0.39 is 0 Å². The van der Waals surface area contributed by atoms with Crippen molar-refractivity contribution >= 4 is 36.1 Å². The number of benzene rings is 4. The van der Waals surface area contributed by atoms with Crippen LogP contribution in [0, 0.1) is 20.8 Å². The molecule has 0 radical (unpaired) electrons. The zero-order valence-electron chi connectivity index (χ0n) is 37.0. The number of rotatable bonds is 16. The number of hydrogen-bond acceptors (Lipinski definition) is 6. The van der Waals surface area contributed by atoms with Gasteiger partial charge in [-0.3, -0.25) is 0 Å². The lowest BCUT2D eigenvalue weighted by Gasteiger charge is -2.09. The third kappa shape index (κ3) is 22.0. The minimum Gasteiger partial charge on any atom is -0.460 e. The van der Waals surface area contributed by atoms with Crippen LogP contribution in [0.3, 0.4) is 0 Å². The first kappa shape index (κ1) is 49.9. The Morgan fingerprint density at radius 1 is 0.517 bits per heavy atom. The number of esters is 3. The quantitative estimate of drug-likeness (QED) is 0.0485. The maximum absolute atomic E-state index is 11.9. The number of hydrogen-bond donors (Lipinski definition) is 0. The predicted octanol–water partition coefficient (Wildman–Crippen LogP) is 13.5. The fourth-order valence-electron chi connectivity index (χ4n) is 4.97. The van der Waals surface area contributed by atoms with Gasteiger partial charge in [-0.15, -0.1) is 0 Å². The molecule has 3 unspecified atom stereocenters. The van der Waals surface area contributed by atoms with E-state index in [1.165, 1.54) is 40.5 Å². The van der Waals surface area contributed by atoms with E-state index in [1.807, 2.05) is 131 Å². The third-order valence-corrected chi connectivity index (χ3v) is 9.26. The molecule has 0 N–H and O–H groups in total. The lowest BCUT2D eigenvalue weighted by molar-refractivity contribution is -0.143. The summed E-state index contributed by atoms with van der Waals surface area (Å²) in [6, 6.07) is 32.1. The van der Waals surface area contributed by atoms with Crippen molar-refractivity contribution in [3.8, 4) is 5.75 Å². The maximum atomic E-state index is 11.9. The van der Waals surface area contributed by atoms with Gasteiger partial charge in [-0.1, -0.05) is 178 Å². The van der Waals surface area contributed by atoms with E-state index in [4.69, 9.17) is 14.2 Å². The molecule has 4 aromatic carbocycles. The van der Waals surface area contributed by atoms with Crippen LogP contribution in [0.4, 0.5) is 0 Å². The molecule has 0 fully saturated rings. The first-order valence-electron chi connectivity index (χ1n) is 20.8. The number of allylic oxidation sites excluding steroid dienone is 6. The van der Waals surface area contributed by atoms with Gasteiger partial charge in [0, 0.05) is 18.2 Å². The van der Waals surface area contributed by atoms with Crippen molar-refractivity contribution in [2.75, 3.05) is 0 Å². The van der Waals surface area contributed by atoms with E-state index >= 15 is 0 Å². The lowest BCUT2D eigenvalue weighted by atomic mass is 9.99. The molecule has 316 valence electrons. The fourth-order valence-corrected chi connectivity index (χ4v) is 4.97. The van der Waals surface area contributed by atoms with E-state index in [9.17, 15) is 14.4 Å². The van der Waals surface area contributed by atoms with Gasteiger partial charge in [0.15, 0.2) is 0 Å². The van der Waals surface area contributed by atoms with Gasteiger partial charge in [-0.05, 0) is 99.7 Å². The van der Waals surface area contributed by atoms with Gasteiger partial charge in [0.05, 0.1) is 12.2 Å². The molecule has 0 spiro atoms. The van der Waals surface area contributed by atoms with Gasteiger partial charge in [0.1, 0.15) is 5.75 Å². The van der Waals surface area contributed by atoms with Crippen LogP contribution in [0.25, 0.3) is 18.2 Å². The van der Waals surface area contributed by atoms with Gasteiger partial charge in [-0.2, -0.15) is 0 Å². The minimum absolute atomic E-state index is 0.0229. The Balaban J connectivity index is 0.000000319. The van der Waals surface area contributed by atoms with E-state index in [-0.39, 0.29) is 30.1 Å². The molecule has 60 heavy (non-hydrogen) atoms. The second-order valence-corrected chi connectivity index (χ2v) is 14.4. The Morgan fingerprint density at radius 3 is 1.52 bits per heavy atom.